The number of anilines is 1. The van der Waals surface area contributed by atoms with Gasteiger partial charge in [-0.3, -0.25) is 0 Å². The van der Waals surface area contributed by atoms with Crippen LogP contribution in [0.1, 0.15) is 19.8 Å². The predicted octanol–water partition coefficient (Wildman–Crippen LogP) is 1.23. The third-order valence-electron chi connectivity index (χ3n) is 4.02. The first kappa shape index (κ1) is 13.1. The van der Waals surface area contributed by atoms with Gasteiger partial charge in [0.05, 0.1) is 5.69 Å². The van der Waals surface area contributed by atoms with Gasteiger partial charge in [0.1, 0.15) is 0 Å². The van der Waals surface area contributed by atoms with E-state index in [0.717, 1.165) is 31.1 Å². The molecule has 0 radical (unpaired) electrons. The topological polar surface area (TPSA) is 72.9 Å². The van der Waals surface area contributed by atoms with Crippen molar-refractivity contribution in [1.29, 1.82) is 0 Å². The molecule has 1 aromatic carbocycles. The van der Waals surface area contributed by atoms with Gasteiger partial charge in [-0.2, -0.15) is 4.68 Å². The molecule has 0 spiro atoms. The van der Waals surface area contributed by atoms with Gasteiger partial charge in [0.25, 0.3) is 5.95 Å². The van der Waals surface area contributed by atoms with E-state index in [1.807, 2.05) is 30.3 Å². The van der Waals surface area contributed by atoms with Crippen LogP contribution >= 0.6 is 0 Å². The van der Waals surface area contributed by atoms with Gasteiger partial charge >= 0.3 is 0 Å². The smallest absolute Gasteiger partial charge is 0.250 e. The van der Waals surface area contributed by atoms with Crippen molar-refractivity contribution in [2.75, 3.05) is 18.0 Å². The van der Waals surface area contributed by atoms with Crippen LogP contribution in [0.15, 0.2) is 30.3 Å². The molecule has 2 N–H and O–H groups in total. The molecular formula is C14H20N6. The molecule has 1 saturated heterocycles. The molecule has 2 atom stereocenters. The fourth-order valence-corrected chi connectivity index (χ4v) is 2.75. The monoisotopic (exact) mass is 272 g/mol. The van der Waals surface area contributed by atoms with Crippen molar-refractivity contribution < 1.29 is 0 Å². The minimum atomic E-state index is 0.436. The summed E-state index contributed by atoms with van der Waals surface area (Å²) in [6, 6.07) is 10.4. The van der Waals surface area contributed by atoms with Gasteiger partial charge in [0.2, 0.25) is 0 Å². The van der Waals surface area contributed by atoms with Crippen LogP contribution in [0.2, 0.25) is 0 Å². The summed E-state index contributed by atoms with van der Waals surface area (Å²) in [5.74, 6) is 1.33. The van der Waals surface area contributed by atoms with Crippen molar-refractivity contribution >= 4 is 5.95 Å². The highest BCUT2D eigenvalue weighted by Gasteiger charge is 2.28. The van der Waals surface area contributed by atoms with E-state index in [4.69, 9.17) is 5.73 Å². The molecule has 1 fully saturated rings. The Hall–Kier alpha value is -1.95. The first-order valence-corrected chi connectivity index (χ1v) is 7.10. The highest BCUT2D eigenvalue weighted by Crippen LogP contribution is 2.26. The number of rotatable bonds is 3. The first-order valence-electron chi connectivity index (χ1n) is 7.10. The standard InChI is InChI=1S/C14H20N6/c1-11-7-8-12(9-15)10-19(11)14-16-17-18-20(14)13-5-3-2-4-6-13/h2-6,11-12H,7-10,15H2,1H3. The van der Waals surface area contributed by atoms with Crippen LogP contribution in [0.5, 0.6) is 0 Å². The second-order valence-corrected chi connectivity index (χ2v) is 5.41. The van der Waals surface area contributed by atoms with Gasteiger partial charge in [0.15, 0.2) is 0 Å². The molecule has 3 rings (SSSR count). The summed E-state index contributed by atoms with van der Waals surface area (Å²) in [6.07, 6.45) is 2.31. The van der Waals surface area contributed by atoms with Crippen LogP contribution in [-0.2, 0) is 0 Å². The molecule has 0 amide bonds. The summed E-state index contributed by atoms with van der Waals surface area (Å²) >= 11 is 0. The van der Waals surface area contributed by atoms with Gasteiger partial charge in [-0.25, -0.2) is 0 Å². The van der Waals surface area contributed by atoms with Crippen molar-refractivity contribution in [2.24, 2.45) is 11.7 Å². The van der Waals surface area contributed by atoms with Crippen LogP contribution in [0.25, 0.3) is 5.69 Å². The SMILES string of the molecule is CC1CCC(CN)CN1c1nnnn1-c1ccccc1. The summed E-state index contributed by atoms with van der Waals surface area (Å²) in [5, 5.41) is 12.2. The number of hydrogen-bond donors (Lipinski definition) is 1. The maximum absolute atomic E-state index is 5.83. The van der Waals surface area contributed by atoms with Gasteiger partial charge in [-0.1, -0.05) is 23.3 Å². The molecule has 106 valence electrons. The van der Waals surface area contributed by atoms with Crippen LogP contribution < -0.4 is 10.6 Å². The largest absolute Gasteiger partial charge is 0.336 e. The minimum absolute atomic E-state index is 0.436. The number of piperidine rings is 1. The van der Waals surface area contributed by atoms with Gasteiger partial charge < -0.3 is 10.6 Å². The second-order valence-electron chi connectivity index (χ2n) is 5.41. The summed E-state index contributed by atoms with van der Waals surface area (Å²) < 4.78 is 1.80. The number of hydrogen-bond acceptors (Lipinski definition) is 5. The van der Waals surface area contributed by atoms with Crippen LogP contribution in [0, 0.1) is 5.92 Å². The lowest BCUT2D eigenvalue weighted by Gasteiger charge is -2.37. The van der Waals surface area contributed by atoms with E-state index in [0.29, 0.717) is 12.0 Å². The summed E-state index contributed by atoms with van der Waals surface area (Å²) in [4.78, 5) is 2.27. The summed E-state index contributed by atoms with van der Waals surface area (Å²) in [7, 11) is 0. The average Bonchev–Trinajstić information content (AvgIpc) is 2.98. The number of benzene rings is 1. The Morgan fingerprint density at radius 2 is 2.05 bits per heavy atom. The molecule has 6 nitrogen and oxygen atoms in total. The van der Waals surface area contributed by atoms with E-state index in [1.54, 1.807) is 4.68 Å². The summed E-state index contributed by atoms with van der Waals surface area (Å²) in [5.41, 5.74) is 6.81. The van der Waals surface area contributed by atoms with Crippen molar-refractivity contribution in [3.63, 3.8) is 0 Å². The molecule has 2 unspecified atom stereocenters. The summed E-state index contributed by atoms with van der Waals surface area (Å²) in [6.45, 7) is 3.86. The number of para-hydroxylation sites is 1. The number of nitrogens with two attached hydrogens (primary N) is 1. The van der Waals surface area contributed by atoms with Gasteiger partial charge in [0, 0.05) is 12.6 Å². The zero-order valence-electron chi connectivity index (χ0n) is 11.7. The highest BCUT2D eigenvalue weighted by atomic mass is 15.6. The van der Waals surface area contributed by atoms with E-state index < -0.39 is 0 Å². The van der Waals surface area contributed by atoms with Gasteiger partial charge in [-0.15, -0.1) is 0 Å². The number of tetrazole rings is 1. The quantitative estimate of drug-likeness (QED) is 0.909. The molecule has 1 aromatic heterocycles. The maximum Gasteiger partial charge on any atom is 0.250 e. The molecule has 6 heteroatoms. The maximum atomic E-state index is 5.83. The molecular weight excluding hydrogens is 252 g/mol. The number of aromatic nitrogens is 4. The lowest BCUT2D eigenvalue weighted by atomic mass is 9.94. The van der Waals surface area contributed by atoms with E-state index in [-0.39, 0.29) is 0 Å². The van der Waals surface area contributed by atoms with Crippen LogP contribution in [0.3, 0.4) is 0 Å². The van der Waals surface area contributed by atoms with Crippen molar-refractivity contribution in [3.8, 4) is 5.69 Å². The zero-order valence-corrected chi connectivity index (χ0v) is 11.7. The van der Waals surface area contributed by atoms with Gasteiger partial charge in [-0.05, 0) is 54.8 Å². The van der Waals surface area contributed by atoms with Crippen LogP contribution in [0.4, 0.5) is 5.95 Å². The Morgan fingerprint density at radius 3 is 2.80 bits per heavy atom. The van der Waals surface area contributed by atoms with Crippen molar-refractivity contribution in [1.82, 2.24) is 20.2 Å². The van der Waals surface area contributed by atoms with Crippen molar-refractivity contribution in [3.05, 3.63) is 30.3 Å². The Morgan fingerprint density at radius 1 is 1.25 bits per heavy atom. The Labute approximate surface area is 118 Å². The van der Waals surface area contributed by atoms with E-state index >= 15 is 0 Å². The molecule has 2 aromatic rings. The molecule has 0 saturated carbocycles. The molecule has 0 aliphatic carbocycles. The van der Waals surface area contributed by atoms with E-state index in [2.05, 4.69) is 27.3 Å². The fraction of sp³-hybridized carbons (Fsp3) is 0.500. The number of nitrogens with zero attached hydrogens (tertiary/aromatic N) is 5. The Balaban J connectivity index is 1.92. The van der Waals surface area contributed by atoms with Crippen molar-refractivity contribution in [2.45, 2.75) is 25.8 Å². The second kappa shape index (κ2) is 5.58. The third kappa shape index (κ3) is 2.38. The normalized spacial score (nSPS) is 23.0. The van der Waals surface area contributed by atoms with E-state index in [1.165, 1.54) is 6.42 Å². The zero-order chi connectivity index (χ0) is 13.9. The minimum Gasteiger partial charge on any atom is -0.336 e. The molecule has 0 bridgehead atoms. The Kier molecular flexibility index (Phi) is 3.64. The lowest BCUT2D eigenvalue weighted by Crippen LogP contribution is -2.45. The van der Waals surface area contributed by atoms with E-state index in [9.17, 15) is 0 Å². The highest BCUT2D eigenvalue weighted by molar-refractivity contribution is 5.41. The first-order chi connectivity index (χ1) is 9.79. The molecule has 2 heterocycles. The molecule has 1 aliphatic heterocycles. The third-order valence-corrected chi connectivity index (χ3v) is 4.02. The average molecular weight is 272 g/mol. The predicted molar refractivity (Wildman–Crippen MR) is 77.7 cm³/mol. The van der Waals surface area contributed by atoms with Crippen LogP contribution in [-0.4, -0.2) is 39.3 Å². The fourth-order valence-electron chi connectivity index (χ4n) is 2.75. The lowest BCUT2D eigenvalue weighted by molar-refractivity contribution is 0.368. The molecule has 1 aliphatic rings. The Bertz CT molecular complexity index is 552. The molecule has 20 heavy (non-hydrogen) atoms.